The summed E-state index contributed by atoms with van der Waals surface area (Å²) < 4.78 is 5.29. The molecule has 0 aliphatic heterocycles. The van der Waals surface area contributed by atoms with Crippen molar-refractivity contribution in [2.45, 2.75) is 6.92 Å². The molecule has 0 aliphatic carbocycles. The Bertz CT molecular complexity index is 399. The number of rotatable bonds is 4. The fourth-order valence-electron chi connectivity index (χ4n) is 0.965. The molecule has 1 N–H and O–H groups in total. The second kappa shape index (κ2) is 4.84. The van der Waals surface area contributed by atoms with Gasteiger partial charge >= 0.3 is 5.97 Å². The van der Waals surface area contributed by atoms with Crippen molar-refractivity contribution in [3.8, 4) is 5.75 Å². The second-order valence-electron chi connectivity index (χ2n) is 3.19. The molecule has 4 heteroatoms. The Morgan fingerprint density at radius 2 is 2.27 bits per heavy atom. The average Bonchev–Trinajstić information content (AvgIpc) is 2.16. The van der Waals surface area contributed by atoms with E-state index < -0.39 is 5.97 Å². The van der Waals surface area contributed by atoms with Gasteiger partial charge in [-0.25, -0.2) is 4.79 Å². The molecular weight excluding hydrogens is 216 g/mol. The molecule has 0 aromatic heterocycles. The summed E-state index contributed by atoms with van der Waals surface area (Å²) in [5.41, 5.74) is 0.901. The van der Waals surface area contributed by atoms with Crippen LogP contribution in [0.1, 0.15) is 17.3 Å². The second-order valence-corrected chi connectivity index (χ2v) is 3.60. The summed E-state index contributed by atoms with van der Waals surface area (Å²) >= 11 is 5.70. The SMILES string of the molecule is C=C(C)COc1ccc(Cl)c(C(=O)O)c1. The zero-order valence-electron chi connectivity index (χ0n) is 8.29. The quantitative estimate of drug-likeness (QED) is 0.803. The van der Waals surface area contributed by atoms with E-state index in [1.165, 1.54) is 12.1 Å². The van der Waals surface area contributed by atoms with Gasteiger partial charge in [0.15, 0.2) is 0 Å². The third-order valence-corrected chi connectivity index (χ3v) is 1.98. The molecule has 0 amide bonds. The topological polar surface area (TPSA) is 46.5 Å². The summed E-state index contributed by atoms with van der Waals surface area (Å²) in [7, 11) is 0. The lowest BCUT2D eigenvalue weighted by atomic mass is 10.2. The van der Waals surface area contributed by atoms with Gasteiger partial charge in [-0.15, -0.1) is 0 Å². The Morgan fingerprint density at radius 1 is 1.60 bits per heavy atom. The van der Waals surface area contributed by atoms with Crippen LogP contribution >= 0.6 is 11.6 Å². The first kappa shape index (κ1) is 11.6. The van der Waals surface area contributed by atoms with Crippen molar-refractivity contribution >= 4 is 17.6 Å². The number of carboxylic acid groups (broad SMARTS) is 1. The van der Waals surface area contributed by atoms with Gasteiger partial charge in [0, 0.05) is 0 Å². The lowest BCUT2D eigenvalue weighted by Gasteiger charge is -2.07. The van der Waals surface area contributed by atoms with Crippen LogP contribution in [0.15, 0.2) is 30.4 Å². The fraction of sp³-hybridized carbons (Fsp3) is 0.182. The van der Waals surface area contributed by atoms with E-state index in [0.29, 0.717) is 12.4 Å². The van der Waals surface area contributed by atoms with Crippen LogP contribution in [-0.2, 0) is 0 Å². The number of carbonyl (C=O) groups is 1. The largest absolute Gasteiger partial charge is 0.489 e. The minimum atomic E-state index is -1.07. The molecule has 1 aromatic rings. The Labute approximate surface area is 92.9 Å². The van der Waals surface area contributed by atoms with Gasteiger partial charge in [0.2, 0.25) is 0 Å². The van der Waals surface area contributed by atoms with Crippen LogP contribution in [0.5, 0.6) is 5.75 Å². The number of hydrogen-bond acceptors (Lipinski definition) is 2. The van der Waals surface area contributed by atoms with Gasteiger partial charge in [0.05, 0.1) is 10.6 Å². The van der Waals surface area contributed by atoms with Crippen molar-refractivity contribution in [2.75, 3.05) is 6.61 Å². The van der Waals surface area contributed by atoms with Crippen molar-refractivity contribution in [3.63, 3.8) is 0 Å². The lowest BCUT2D eigenvalue weighted by molar-refractivity contribution is 0.0696. The summed E-state index contributed by atoms with van der Waals surface area (Å²) in [5.74, 6) is -0.597. The number of ether oxygens (including phenoxy) is 1. The Balaban J connectivity index is 2.87. The summed E-state index contributed by atoms with van der Waals surface area (Å²) in [5, 5.41) is 9.01. The molecule has 80 valence electrons. The summed E-state index contributed by atoms with van der Waals surface area (Å²) in [6.45, 7) is 5.87. The van der Waals surface area contributed by atoms with Gasteiger partial charge in [-0.3, -0.25) is 0 Å². The number of benzene rings is 1. The van der Waals surface area contributed by atoms with Gasteiger partial charge in [0.1, 0.15) is 12.4 Å². The maximum Gasteiger partial charge on any atom is 0.337 e. The summed E-state index contributed by atoms with van der Waals surface area (Å²) in [6, 6.07) is 4.52. The predicted octanol–water partition coefficient (Wildman–Crippen LogP) is 2.99. The van der Waals surface area contributed by atoms with E-state index in [2.05, 4.69) is 6.58 Å². The van der Waals surface area contributed by atoms with Crippen molar-refractivity contribution in [3.05, 3.63) is 40.9 Å². The van der Waals surface area contributed by atoms with E-state index in [0.717, 1.165) is 5.57 Å². The lowest BCUT2D eigenvalue weighted by Crippen LogP contribution is -2.01. The number of hydrogen-bond donors (Lipinski definition) is 1. The van der Waals surface area contributed by atoms with Crippen molar-refractivity contribution < 1.29 is 14.6 Å². The molecule has 0 aliphatic rings. The van der Waals surface area contributed by atoms with E-state index in [-0.39, 0.29) is 10.6 Å². The third kappa shape index (κ3) is 3.29. The maximum atomic E-state index is 10.8. The monoisotopic (exact) mass is 226 g/mol. The Kier molecular flexibility index (Phi) is 3.74. The highest BCUT2D eigenvalue weighted by Gasteiger charge is 2.09. The van der Waals surface area contributed by atoms with Gasteiger partial charge in [-0.2, -0.15) is 0 Å². The zero-order valence-corrected chi connectivity index (χ0v) is 9.04. The highest BCUT2D eigenvalue weighted by Crippen LogP contribution is 2.22. The maximum absolute atomic E-state index is 10.8. The molecule has 0 bridgehead atoms. The molecule has 0 radical (unpaired) electrons. The minimum absolute atomic E-state index is 0.0379. The third-order valence-electron chi connectivity index (χ3n) is 1.65. The molecule has 0 saturated heterocycles. The van der Waals surface area contributed by atoms with Crippen LogP contribution in [-0.4, -0.2) is 17.7 Å². The van der Waals surface area contributed by atoms with E-state index in [9.17, 15) is 4.79 Å². The number of carboxylic acids is 1. The van der Waals surface area contributed by atoms with Crippen molar-refractivity contribution in [2.24, 2.45) is 0 Å². The first-order valence-corrected chi connectivity index (χ1v) is 4.68. The van der Waals surface area contributed by atoms with Crippen LogP contribution in [0.2, 0.25) is 5.02 Å². The van der Waals surface area contributed by atoms with Gasteiger partial charge in [0.25, 0.3) is 0 Å². The molecule has 1 rings (SSSR count). The molecule has 0 saturated carbocycles. The fourth-order valence-corrected chi connectivity index (χ4v) is 1.16. The van der Waals surface area contributed by atoms with Crippen LogP contribution in [0, 0.1) is 0 Å². The van der Waals surface area contributed by atoms with Crippen LogP contribution in [0.25, 0.3) is 0 Å². The van der Waals surface area contributed by atoms with Gasteiger partial charge < -0.3 is 9.84 Å². The zero-order chi connectivity index (χ0) is 11.4. The minimum Gasteiger partial charge on any atom is -0.489 e. The number of halogens is 1. The standard InChI is InChI=1S/C11H11ClO3/c1-7(2)6-15-8-3-4-10(12)9(5-8)11(13)14/h3-5H,1,6H2,2H3,(H,13,14). The molecule has 15 heavy (non-hydrogen) atoms. The first-order valence-electron chi connectivity index (χ1n) is 4.30. The van der Waals surface area contributed by atoms with Crippen LogP contribution < -0.4 is 4.74 Å². The van der Waals surface area contributed by atoms with Gasteiger partial charge in [-0.1, -0.05) is 18.2 Å². The predicted molar refractivity (Wildman–Crippen MR) is 58.7 cm³/mol. The average molecular weight is 227 g/mol. The number of aromatic carboxylic acids is 1. The summed E-state index contributed by atoms with van der Waals surface area (Å²) in [4.78, 5) is 10.8. The van der Waals surface area contributed by atoms with E-state index in [1.807, 2.05) is 6.92 Å². The Hall–Kier alpha value is -1.48. The first-order chi connectivity index (χ1) is 7.00. The van der Waals surface area contributed by atoms with Gasteiger partial charge in [-0.05, 0) is 30.7 Å². The van der Waals surface area contributed by atoms with E-state index in [4.69, 9.17) is 21.4 Å². The molecule has 0 spiro atoms. The Morgan fingerprint density at radius 3 is 2.80 bits per heavy atom. The normalized spacial score (nSPS) is 9.73. The molecule has 0 fully saturated rings. The smallest absolute Gasteiger partial charge is 0.337 e. The van der Waals surface area contributed by atoms with Crippen LogP contribution in [0.4, 0.5) is 0 Å². The van der Waals surface area contributed by atoms with E-state index in [1.54, 1.807) is 6.07 Å². The van der Waals surface area contributed by atoms with Crippen LogP contribution in [0.3, 0.4) is 0 Å². The molecule has 3 nitrogen and oxygen atoms in total. The summed E-state index contributed by atoms with van der Waals surface area (Å²) in [6.07, 6.45) is 0. The highest BCUT2D eigenvalue weighted by atomic mass is 35.5. The molecule has 0 atom stereocenters. The van der Waals surface area contributed by atoms with E-state index >= 15 is 0 Å². The molecular formula is C11H11ClO3. The van der Waals surface area contributed by atoms with Crippen molar-refractivity contribution in [1.82, 2.24) is 0 Å². The molecule has 0 unspecified atom stereocenters. The molecule has 0 heterocycles. The highest BCUT2D eigenvalue weighted by molar-refractivity contribution is 6.33. The molecule has 1 aromatic carbocycles. The van der Waals surface area contributed by atoms with Crippen molar-refractivity contribution in [1.29, 1.82) is 0 Å².